The number of rotatable bonds is 4. The first kappa shape index (κ1) is 12.2. The van der Waals surface area contributed by atoms with Crippen LogP contribution in [0.5, 0.6) is 0 Å². The van der Waals surface area contributed by atoms with Crippen LogP contribution in [0.2, 0.25) is 0 Å². The van der Waals surface area contributed by atoms with Crippen molar-refractivity contribution in [3.63, 3.8) is 0 Å². The van der Waals surface area contributed by atoms with Gasteiger partial charge in [0.05, 0.1) is 12.0 Å². The van der Waals surface area contributed by atoms with E-state index >= 15 is 0 Å². The van der Waals surface area contributed by atoms with Crippen LogP contribution in [-0.2, 0) is 0 Å². The Balaban J connectivity index is 2.05. The monoisotopic (exact) mass is 263 g/mol. The van der Waals surface area contributed by atoms with Crippen LogP contribution >= 0.6 is 0 Å². The molecular formula is C17H13NO2. The van der Waals surface area contributed by atoms with Gasteiger partial charge in [0.15, 0.2) is 5.76 Å². The molecule has 0 atom stereocenters. The molecule has 2 aromatic heterocycles. The van der Waals surface area contributed by atoms with Crippen LogP contribution in [0.4, 0.5) is 0 Å². The van der Waals surface area contributed by atoms with Gasteiger partial charge in [-0.2, -0.15) is 0 Å². The van der Waals surface area contributed by atoms with Crippen LogP contribution in [0.1, 0.15) is 16.1 Å². The standard InChI is InChI=1S/C17H13NO2/c19-16(17-9-6-12-20-17)13-15(18-10-4-5-11-18)14-7-2-1-3-8-14/h1-13H/b15-13+. The van der Waals surface area contributed by atoms with Gasteiger partial charge in [0.2, 0.25) is 5.78 Å². The predicted molar refractivity (Wildman–Crippen MR) is 77.3 cm³/mol. The molecule has 98 valence electrons. The van der Waals surface area contributed by atoms with E-state index in [1.54, 1.807) is 18.2 Å². The van der Waals surface area contributed by atoms with Gasteiger partial charge in [-0.3, -0.25) is 4.79 Å². The molecule has 0 saturated carbocycles. The SMILES string of the molecule is O=C(/C=C(\c1ccccc1)n1cccc1)c1ccco1. The van der Waals surface area contributed by atoms with Crippen LogP contribution in [-0.4, -0.2) is 10.4 Å². The molecule has 0 N–H and O–H groups in total. The first-order valence-corrected chi connectivity index (χ1v) is 6.33. The van der Waals surface area contributed by atoms with Gasteiger partial charge in [-0.15, -0.1) is 0 Å². The zero-order valence-corrected chi connectivity index (χ0v) is 10.8. The lowest BCUT2D eigenvalue weighted by Gasteiger charge is -2.09. The van der Waals surface area contributed by atoms with E-state index in [9.17, 15) is 4.79 Å². The lowest BCUT2D eigenvalue weighted by molar-refractivity contribution is 0.102. The zero-order valence-electron chi connectivity index (χ0n) is 10.8. The van der Waals surface area contributed by atoms with Gasteiger partial charge in [0, 0.05) is 18.5 Å². The Labute approximate surface area is 116 Å². The van der Waals surface area contributed by atoms with E-state index < -0.39 is 0 Å². The summed E-state index contributed by atoms with van der Waals surface area (Å²) >= 11 is 0. The second-order valence-corrected chi connectivity index (χ2v) is 4.33. The van der Waals surface area contributed by atoms with Crippen molar-refractivity contribution in [2.75, 3.05) is 0 Å². The fraction of sp³-hybridized carbons (Fsp3) is 0. The van der Waals surface area contributed by atoms with E-state index in [1.807, 2.05) is 59.4 Å². The van der Waals surface area contributed by atoms with E-state index in [4.69, 9.17) is 4.42 Å². The van der Waals surface area contributed by atoms with Crippen LogP contribution in [0.3, 0.4) is 0 Å². The van der Waals surface area contributed by atoms with Gasteiger partial charge >= 0.3 is 0 Å². The van der Waals surface area contributed by atoms with Crippen LogP contribution in [0.15, 0.2) is 83.7 Å². The number of hydrogen-bond acceptors (Lipinski definition) is 2. The number of hydrogen-bond donors (Lipinski definition) is 0. The van der Waals surface area contributed by atoms with E-state index in [-0.39, 0.29) is 5.78 Å². The highest BCUT2D eigenvalue weighted by Gasteiger charge is 2.10. The summed E-state index contributed by atoms with van der Waals surface area (Å²) in [6.45, 7) is 0. The smallest absolute Gasteiger partial charge is 0.223 e. The first-order chi connectivity index (χ1) is 9.84. The maximum absolute atomic E-state index is 12.2. The minimum Gasteiger partial charge on any atom is -0.461 e. The lowest BCUT2D eigenvalue weighted by atomic mass is 10.1. The van der Waals surface area contributed by atoms with E-state index in [0.717, 1.165) is 11.3 Å². The Morgan fingerprint density at radius 2 is 1.70 bits per heavy atom. The number of benzene rings is 1. The molecule has 0 aliphatic rings. The summed E-state index contributed by atoms with van der Waals surface area (Å²) in [6.07, 6.45) is 6.91. The quantitative estimate of drug-likeness (QED) is 0.529. The molecular weight excluding hydrogens is 250 g/mol. The number of carbonyl (C=O) groups excluding carboxylic acids is 1. The summed E-state index contributed by atoms with van der Waals surface area (Å²) in [5.74, 6) is 0.188. The van der Waals surface area contributed by atoms with Crippen molar-refractivity contribution in [1.29, 1.82) is 0 Å². The minimum absolute atomic E-state index is 0.150. The highest BCUT2D eigenvalue weighted by atomic mass is 16.3. The average Bonchev–Trinajstić information content (AvgIpc) is 3.18. The Hall–Kier alpha value is -2.81. The fourth-order valence-corrected chi connectivity index (χ4v) is 2.03. The minimum atomic E-state index is -0.150. The molecule has 0 saturated heterocycles. The summed E-state index contributed by atoms with van der Waals surface area (Å²) in [7, 11) is 0. The number of aromatic nitrogens is 1. The van der Waals surface area contributed by atoms with Crippen molar-refractivity contribution in [3.05, 3.63) is 90.7 Å². The maximum Gasteiger partial charge on any atom is 0.223 e. The predicted octanol–water partition coefficient (Wildman–Crippen LogP) is 3.85. The summed E-state index contributed by atoms with van der Waals surface area (Å²) < 4.78 is 7.06. The molecule has 3 heteroatoms. The van der Waals surface area contributed by atoms with Gasteiger partial charge in [-0.05, 0) is 29.8 Å². The summed E-state index contributed by atoms with van der Waals surface area (Å²) in [6, 6.07) is 17.0. The molecule has 0 aliphatic heterocycles. The van der Waals surface area contributed by atoms with Gasteiger partial charge in [-0.1, -0.05) is 30.3 Å². The molecule has 3 rings (SSSR count). The molecule has 20 heavy (non-hydrogen) atoms. The lowest BCUT2D eigenvalue weighted by Crippen LogP contribution is -2.01. The Kier molecular flexibility index (Phi) is 3.33. The second kappa shape index (κ2) is 5.45. The molecule has 1 aromatic carbocycles. The van der Waals surface area contributed by atoms with Gasteiger partial charge in [0.25, 0.3) is 0 Å². The summed E-state index contributed by atoms with van der Waals surface area (Å²) in [5, 5.41) is 0. The number of allylic oxidation sites excluding steroid dienone is 1. The summed E-state index contributed by atoms with van der Waals surface area (Å²) in [5.41, 5.74) is 1.79. The Morgan fingerprint density at radius 1 is 0.950 bits per heavy atom. The molecule has 2 heterocycles. The van der Waals surface area contributed by atoms with E-state index in [0.29, 0.717) is 5.76 Å². The van der Waals surface area contributed by atoms with Crippen LogP contribution in [0.25, 0.3) is 5.70 Å². The molecule has 0 fully saturated rings. The number of furan rings is 1. The Bertz CT molecular complexity index is 708. The van der Waals surface area contributed by atoms with Crippen LogP contribution in [0, 0.1) is 0 Å². The number of nitrogens with zero attached hydrogens (tertiary/aromatic N) is 1. The third kappa shape index (κ3) is 2.47. The third-order valence-corrected chi connectivity index (χ3v) is 2.98. The molecule has 3 nitrogen and oxygen atoms in total. The van der Waals surface area contributed by atoms with Gasteiger partial charge in [-0.25, -0.2) is 0 Å². The molecule has 0 unspecified atom stereocenters. The maximum atomic E-state index is 12.2. The average molecular weight is 263 g/mol. The van der Waals surface area contributed by atoms with Crippen molar-refractivity contribution in [1.82, 2.24) is 4.57 Å². The number of carbonyl (C=O) groups is 1. The number of ketones is 1. The van der Waals surface area contributed by atoms with E-state index in [1.165, 1.54) is 6.26 Å². The fourth-order valence-electron chi connectivity index (χ4n) is 2.03. The first-order valence-electron chi connectivity index (χ1n) is 6.33. The molecule has 0 aliphatic carbocycles. The van der Waals surface area contributed by atoms with E-state index in [2.05, 4.69) is 0 Å². The highest BCUT2D eigenvalue weighted by Crippen LogP contribution is 2.18. The Morgan fingerprint density at radius 3 is 2.35 bits per heavy atom. The van der Waals surface area contributed by atoms with Crippen molar-refractivity contribution < 1.29 is 9.21 Å². The molecule has 3 aromatic rings. The normalized spacial score (nSPS) is 11.5. The zero-order chi connectivity index (χ0) is 13.8. The molecule has 0 spiro atoms. The molecule has 0 radical (unpaired) electrons. The highest BCUT2D eigenvalue weighted by molar-refractivity contribution is 6.06. The van der Waals surface area contributed by atoms with Crippen LogP contribution < -0.4 is 0 Å². The van der Waals surface area contributed by atoms with Gasteiger partial charge < -0.3 is 8.98 Å². The molecule has 0 bridgehead atoms. The van der Waals surface area contributed by atoms with Crippen molar-refractivity contribution in [2.24, 2.45) is 0 Å². The summed E-state index contributed by atoms with van der Waals surface area (Å²) in [4.78, 5) is 12.2. The van der Waals surface area contributed by atoms with Crippen molar-refractivity contribution >= 4 is 11.5 Å². The third-order valence-electron chi connectivity index (χ3n) is 2.98. The largest absolute Gasteiger partial charge is 0.461 e. The van der Waals surface area contributed by atoms with Gasteiger partial charge in [0.1, 0.15) is 0 Å². The topological polar surface area (TPSA) is 35.1 Å². The molecule has 0 amide bonds. The van der Waals surface area contributed by atoms with Crippen molar-refractivity contribution in [3.8, 4) is 0 Å². The van der Waals surface area contributed by atoms with Crippen molar-refractivity contribution in [2.45, 2.75) is 0 Å². The second-order valence-electron chi connectivity index (χ2n) is 4.33.